The van der Waals surface area contributed by atoms with E-state index >= 15 is 0 Å². The van der Waals surface area contributed by atoms with E-state index in [1.807, 2.05) is 19.9 Å². The third-order valence-corrected chi connectivity index (χ3v) is 3.78. The van der Waals surface area contributed by atoms with Crippen molar-refractivity contribution in [3.63, 3.8) is 0 Å². The van der Waals surface area contributed by atoms with E-state index in [0.29, 0.717) is 4.88 Å². The fraction of sp³-hybridized carbons (Fsp3) is 0.308. The van der Waals surface area contributed by atoms with E-state index in [0.717, 1.165) is 21.6 Å². The Balaban J connectivity index is 2.44. The van der Waals surface area contributed by atoms with Crippen molar-refractivity contribution < 1.29 is 13.2 Å². The van der Waals surface area contributed by atoms with E-state index in [2.05, 4.69) is 5.73 Å². The highest BCUT2D eigenvalue weighted by atomic mass is 32.1. The first-order valence-electron chi connectivity index (χ1n) is 5.16. The van der Waals surface area contributed by atoms with Gasteiger partial charge in [-0.15, -0.1) is 17.1 Å². The van der Waals surface area contributed by atoms with Crippen LogP contribution in [-0.4, -0.2) is 6.18 Å². The van der Waals surface area contributed by atoms with Gasteiger partial charge in [-0.2, -0.15) is 13.2 Å². The molecule has 4 heteroatoms. The van der Waals surface area contributed by atoms with Gasteiger partial charge in [-0.1, -0.05) is 0 Å². The molecule has 1 heterocycles. The Morgan fingerprint density at radius 1 is 1.24 bits per heavy atom. The zero-order valence-electron chi connectivity index (χ0n) is 9.48. The molecule has 0 saturated carbocycles. The molecule has 0 unspecified atom stereocenters. The first-order chi connectivity index (χ1) is 7.87. The van der Waals surface area contributed by atoms with Gasteiger partial charge in [0.25, 0.3) is 0 Å². The standard InChI is InChI=1S/C13H11F3S/c1-8-4-3-5-12-11(9(8)2)6-10(17-12)7-13(14,15)16/h4-6H,7H2,1-2H3. The average Bonchev–Trinajstić information content (AvgIpc) is 2.51. The SMILES string of the molecule is CC1=C(C)c2cc(CC(F)(F)F)sc2C=C=C1. The summed E-state index contributed by atoms with van der Waals surface area (Å²) in [5, 5.41) is 0. The molecule has 0 saturated heterocycles. The minimum Gasteiger partial charge on any atom is -0.171 e. The van der Waals surface area contributed by atoms with Crippen LogP contribution >= 0.6 is 11.3 Å². The van der Waals surface area contributed by atoms with E-state index < -0.39 is 12.6 Å². The van der Waals surface area contributed by atoms with Crippen LogP contribution in [0.2, 0.25) is 0 Å². The van der Waals surface area contributed by atoms with Crippen LogP contribution < -0.4 is 0 Å². The summed E-state index contributed by atoms with van der Waals surface area (Å²) in [7, 11) is 0. The van der Waals surface area contributed by atoms with Gasteiger partial charge >= 0.3 is 6.18 Å². The summed E-state index contributed by atoms with van der Waals surface area (Å²) in [5.41, 5.74) is 5.94. The number of allylic oxidation sites excluding steroid dienone is 3. The summed E-state index contributed by atoms with van der Waals surface area (Å²) >= 11 is 1.19. The number of fused-ring (bicyclic) bond motifs is 1. The lowest BCUT2D eigenvalue weighted by atomic mass is 10.0. The zero-order valence-corrected chi connectivity index (χ0v) is 10.3. The topological polar surface area (TPSA) is 0 Å². The smallest absolute Gasteiger partial charge is 0.171 e. The number of hydrogen-bond acceptors (Lipinski definition) is 1. The third-order valence-electron chi connectivity index (χ3n) is 2.70. The van der Waals surface area contributed by atoms with Gasteiger partial charge in [-0.3, -0.25) is 0 Å². The van der Waals surface area contributed by atoms with E-state index in [-0.39, 0.29) is 0 Å². The molecular formula is C13H11F3S. The molecule has 0 nitrogen and oxygen atoms in total. The Hall–Kier alpha value is -1.25. The Morgan fingerprint density at radius 3 is 2.59 bits per heavy atom. The molecule has 90 valence electrons. The first kappa shape index (κ1) is 12.2. The van der Waals surface area contributed by atoms with E-state index in [1.165, 1.54) is 11.3 Å². The predicted molar refractivity (Wildman–Crippen MR) is 64.9 cm³/mol. The van der Waals surface area contributed by atoms with Crippen molar-refractivity contribution in [2.45, 2.75) is 26.4 Å². The van der Waals surface area contributed by atoms with Gasteiger partial charge in [0, 0.05) is 9.75 Å². The van der Waals surface area contributed by atoms with Crippen LogP contribution in [-0.2, 0) is 6.42 Å². The molecule has 0 aromatic carbocycles. The zero-order chi connectivity index (χ0) is 12.6. The van der Waals surface area contributed by atoms with Crippen molar-refractivity contribution in [2.75, 3.05) is 0 Å². The molecule has 1 aromatic rings. The number of alkyl halides is 3. The largest absolute Gasteiger partial charge is 0.393 e. The minimum absolute atomic E-state index is 0.356. The average molecular weight is 256 g/mol. The molecule has 1 aromatic heterocycles. The molecule has 0 aliphatic heterocycles. The van der Waals surface area contributed by atoms with Gasteiger partial charge in [0.15, 0.2) is 0 Å². The van der Waals surface area contributed by atoms with Gasteiger partial charge in [0.2, 0.25) is 0 Å². The van der Waals surface area contributed by atoms with Crippen LogP contribution in [0.15, 0.2) is 23.4 Å². The van der Waals surface area contributed by atoms with Crippen molar-refractivity contribution in [1.29, 1.82) is 0 Å². The maximum absolute atomic E-state index is 12.3. The van der Waals surface area contributed by atoms with E-state index in [1.54, 1.807) is 12.1 Å². The normalized spacial score (nSPS) is 15.1. The summed E-state index contributed by atoms with van der Waals surface area (Å²) in [6.45, 7) is 3.86. The molecule has 1 aliphatic rings. The molecule has 0 atom stereocenters. The second kappa shape index (κ2) is 4.21. The Morgan fingerprint density at radius 2 is 1.94 bits per heavy atom. The van der Waals surface area contributed by atoms with Gasteiger partial charge in [-0.25, -0.2) is 0 Å². The van der Waals surface area contributed by atoms with Crippen molar-refractivity contribution in [2.24, 2.45) is 0 Å². The van der Waals surface area contributed by atoms with Gasteiger partial charge in [0.1, 0.15) is 0 Å². The van der Waals surface area contributed by atoms with Crippen LogP contribution in [0.5, 0.6) is 0 Å². The lowest BCUT2D eigenvalue weighted by molar-refractivity contribution is -0.126. The highest BCUT2D eigenvalue weighted by Gasteiger charge is 2.29. The molecule has 0 N–H and O–H groups in total. The maximum atomic E-state index is 12.3. The number of thiophene rings is 1. The molecule has 0 fully saturated rings. The molecule has 2 rings (SSSR count). The second-order valence-corrected chi connectivity index (χ2v) is 5.21. The van der Waals surface area contributed by atoms with Crippen molar-refractivity contribution in [1.82, 2.24) is 0 Å². The number of halogens is 3. The van der Waals surface area contributed by atoms with Crippen molar-refractivity contribution >= 4 is 23.0 Å². The molecule has 0 bridgehead atoms. The lowest BCUT2D eigenvalue weighted by Crippen LogP contribution is -2.10. The second-order valence-electron chi connectivity index (χ2n) is 4.05. The fourth-order valence-electron chi connectivity index (χ4n) is 1.71. The van der Waals surface area contributed by atoms with Crippen LogP contribution in [0.1, 0.15) is 29.2 Å². The van der Waals surface area contributed by atoms with Crippen molar-refractivity contribution in [3.05, 3.63) is 38.8 Å². The fourth-order valence-corrected chi connectivity index (χ4v) is 2.85. The van der Waals surface area contributed by atoms with E-state index in [9.17, 15) is 13.2 Å². The summed E-state index contributed by atoms with van der Waals surface area (Å²) in [4.78, 5) is 1.21. The number of hydrogen-bond donors (Lipinski definition) is 0. The predicted octanol–water partition coefficient (Wildman–Crippen LogP) is 4.83. The molecule has 1 aliphatic carbocycles. The van der Waals surface area contributed by atoms with Gasteiger partial charge in [-0.05, 0) is 48.8 Å². The van der Waals surface area contributed by atoms with Gasteiger partial charge < -0.3 is 0 Å². The maximum Gasteiger partial charge on any atom is 0.393 e. The summed E-state index contributed by atoms with van der Waals surface area (Å²) < 4.78 is 37.0. The Bertz CT molecular complexity index is 538. The highest BCUT2D eigenvalue weighted by Crippen LogP contribution is 2.35. The third kappa shape index (κ3) is 2.71. The molecule has 0 radical (unpaired) electrons. The molecule has 0 amide bonds. The molecular weight excluding hydrogens is 245 g/mol. The number of rotatable bonds is 1. The quantitative estimate of drug-likeness (QED) is 0.631. The van der Waals surface area contributed by atoms with Gasteiger partial charge in [0.05, 0.1) is 6.42 Å². The van der Waals surface area contributed by atoms with Crippen LogP contribution in [0.4, 0.5) is 13.2 Å². The highest BCUT2D eigenvalue weighted by molar-refractivity contribution is 7.13. The Kier molecular flexibility index (Phi) is 3.02. The first-order valence-corrected chi connectivity index (χ1v) is 5.98. The molecule has 0 spiro atoms. The summed E-state index contributed by atoms with van der Waals surface area (Å²) in [6, 6.07) is 1.64. The lowest BCUT2D eigenvalue weighted by Gasteiger charge is -2.03. The van der Waals surface area contributed by atoms with Crippen LogP contribution in [0.25, 0.3) is 11.6 Å². The van der Waals surface area contributed by atoms with Crippen LogP contribution in [0, 0.1) is 0 Å². The minimum atomic E-state index is -4.14. The van der Waals surface area contributed by atoms with E-state index in [4.69, 9.17) is 0 Å². The summed E-state index contributed by atoms with van der Waals surface area (Å²) in [5.74, 6) is 0. The Labute approximate surface area is 102 Å². The van der Waals surface area contributed by atoms with Crippen molar-refractivity contribution in [3.8, 4) is 0 Å². The monoisotopic (exact) mass is 256 g/mol. The van der Waals surface area contributed by atoms with Crippen LogP contribution in [0.3, 0.4) is 0 Å². The molecule has 17 heavy (non-hydrogen) atoms. The summed E-state index contributed by atoms with van der Waals surface area (Å²) in [6.07, 6.45) is -1.39.